The van der Waals surface area contributed by atoms with Gasteiger partial charge in [0.2, 0.25) is 0 Å². The van der Waals surface area contributed by atoms with Crippen LogP contribution in [0.5, 0.6) is 0 Å². The molecule has 4 rings (SSSR count). The first-order valence-electron chi connectivity index (χ1n) is 7.81. The molecule has 2 aliphatic rings. The van der Waals surface area contributed by atoms with Crippen LogP contribution in [0.2, 0.25) is 0 Å². The van der Waals surface area contributed by atoms with Crippen LogP contribution < -0.4 is 15.5 Å². The zero-order chi connectivity index (χ0) is 16.8. The number of amides is 1. The van der Waals surface area contributed by atoms with Gasteiger partial charge in [0.1, 0.15) is 17.7 Å². The summed E-state index contributed by atoms with van der Waals surface area (Å²) in [5.74, 6) is -0.149. The van der Waals surface area contributed by atoms with Crippen molar-refractivity contribution in [3.8, 4) is 0 Å². The number of fused-ring (bicyclic) bond motifs is 3. The number of nitro benzene ring substituents is 1. The van der Waals surface area contributed by atoms with E-state index in [1.807, 2.05) is 0 Å². The van der Waals surface area contributed by atoms with Gasteiger partial charge in [-0.05, 0) is 11.6 Å². The van der Waals surface area contributed by atoms with Gasteiger partial charge in [0.25, 0.3) is 11.6 Å². The van der Waals surface area contributed by atoms with Crippen molar-refractivity contribution in [2.75, 3.05) is 18.9 Å². The number of hydrogen-bond acceptors (Lipinski definition) is 5. The Balaban J connectivity index is 1.73. The van der Waals surface area contributed by atoms with Crippen molar-refractivity contribution in [1.82, 2.24) is 5.32 Å². The summed E-state index contributed by atoms with van der Waals surface area (Å²) >= 11 is 1.60. The predicted molar refractivity (Wildman–Crippen MR) is 90.4 cm³/mol. The number of anilines is 1. The molecule has 124 valence electrons. The van der Waals surface area contributed by atoms with Crippen molar-refractivity contribution in [2.45, 2.75) is 19.1 Å². The Morgan fingerprint density at radius 1 is 1.33 bits per heavy atom. The lowest BCUT2D eigenvalue weighted by atomic mass is 10.0. The van der Waals surface area contributed by atoms with Crippen molar-refractivity contribution >= 4 is 27.9 Å². The molecule has 3 N–H and O–H groups in total. The van der Waals surface area contributed by atoms with Crippen LogP contribution in [0.25, 0.3) is 0 Å². The fourth-order valence-corrected chi connectivity index (χ4v) is 4.77. The Hall–Kier alpha value is -2.45. The van der Waals surface area contributed by atoms with E-state index in [9.17, 15) is 14.9 Å². The molecule has 0 fully saturated rings. The second kappa shape index (κ2) is 5.57. The summed E-state index contributed by atoms with van der Waals surface area (Å²) in [6, 6.07) is 6.49. The van der Waals surface area contributed by atoms with Crippen LogP contribution in [0.3, 0.4) is 0 Å². The standard InChI is InChI=1S/C16H16N4O3S/c1-19-7-6-10-12(8-19)24-16-13(10)15(21)17-14(18-16)9-4-2-3-5-11(9)20(22)23/h2-5,14,18H,6-8H2,1H3,(H,17,21)/p+1/t14-/m1/s1. The van der Waals surface area contributed by atoms with E-state index in [1.54, 1.807) is 29.5 Å². The molecule has 2 aliphatic heterocycles. The Morgan fingerprint density at radius 2 is 2.12 bits per heavy atom. The van der Waals surface area contributed by atoms with Gasteiger partial charge in [-0.3, -0.25) is 14.9 Å². The minimum absolute atomic E-state index is 0.00393. The number of rotatable bonds is 2. The van der Waals surface area contributed by atoms with Crippen molar-refractivity contribution in [1.29, 1.82) is 0 Å². The minimum atomic E-state index is -0.586. The number of nitro groups is 1. The number of likely N-dealkylation sites (N-methyl/N-ethyl adjacent to an activating group) is 1. The fraction of sp³-hybridized carbons (Fsp3) is 0.312. The molecule has 1 unspecified atom stereocenters. The first kappa shape index (κ1) is 15.1. The van der Waals surface area contributed by atoms with Crippen LogP contribution in [-0.2, 0) is 13.0 Å². The maximum absolute atomic E-state index is 12.6. The molecule has 7 nitrogen and oxygen atoms in total. The van der Waals surface area contributed by atoms with E-state index in [0.29, 0.717) is 5.56 Å². The number of nitrogens with zero attached hydrogens (tertiary/aromatic N) is 1. The third kappa shape index (κ3) is 2.35. The number of carbonyl (C=O) groups is 1. The van der Waals surface area contributed by atoms with Crippen LogP contribution in [-0.4, -0.2) is 24.4 Å². The molecule has 0 saturated carbocycles. The summed E-state index contributed by atoms with van der Waals surface area (Å²) in [5, 5.41) is 18.2. The molecule has 24 heavy (non-hydrogen) atoms. The highest BCUT2D eigenvalue weighted by Crippen LogP contribution is 2.40. The van der Waals surface area contributed by atoms with Gasteiger partial charge in [0, 0.05) is 12.5 Å². The maximum atomic E-state index is 12.6. The van der Waals surface area contributed by atoms with E-state index < -0.39 is 11.1 Å². The van der Waals surface area contributed by atoms with Crippen LogP contribution >= 0.6 is 11.3 Å². The van der Waals surface area contributed by atoms with E-state index in [0.717, 1.165) is 35.6 Å². The molecular weight excluding hydrogens is 328 g/mol. The molecule has 0 bridgehead atoms. The molecule has 1 aromatic heterocycles. The van der Waals surface area contributed by atoms with Crippen molar-refractivity contribution < 1.29 is 14.6 Å². The van der Waals surface area contributed by atoms with Crippen LogP contribution in [0.4, 0.5) is 10.7 Å². The summed E-state index contributed by atoms with van der Waals surface area (Å²) in [5.41, 5.74) is 2.32. The molecule has 2 aromatic rings. The largest absolute Gasteiger partial charge is 0.352 e. The number of hydrogen-bond donors (Lipinski definition) is 3. The van der Waals surface area contributed by atoms with E-state index in [-0.39, 0.29) is 11.6 Å². The van der Waals surface area contributed by atoms with E-state index in [1.165, 1.54) is 15.8 Å². The third-order valence-corrected chi connectivity index (χ3v) is 5.74. The van der Waals surface area contributed by atoms with Crippen molar-refractivity contribution in [2.24, 2.45) is 0 Å². The molecule has 0 aliphatic carbocycles. The first-order valence-corrected chi connectivity index (χ1v) is 8.63. The average Bonchev–Trinajstić information content (AvgIpc) is 2.92. The molecule has 0 spiro atoms. The zero-order valence-electron chi connectivity index (χ0n) is 13.1. The van der Waals surface area contributed by atoms with Crippen LogP contribution in [0.1, 0.15) is 32.5 Å². The molecule has 0 radical (unpaired) electrons. The van der Waals surface area contributed by atoms with E-state index >= 15 is 0 Å². The summed E-state index contributed by atoms with van der Waals surface area (Å²) in [6.45, 7) is 1.93. The Bertz CT molecular complexity index is 848. The number of nitrogens with one attached hydrogen (secondary N) is 3. The SMILES string of the molecule is C[NH+]1CCc2c(sc3c2C(=O)N[C@@H](c2ccccc2[N+](=O)[O-])N3)C1. The summed E-state index contributed by atoms with van der Waals surface area (Å²) in [6.07, 6.45) is 0.301. The van der Waals surface area contributed by atoms with Crippen LogP contribution in [0.15, 0.2) is 24.3 Å². The smallest absolute Gasteiger partial charge is 0.276 e. The Labute approximate surface area is 142 Å². The molecule has 3 heterocycles. The summed E-state index contributed by atoms with van der Waals surface area (Å²) in [4.78, 5) is 26.1. The van der Waals surface area contributed by atoms with Gasteiger partial charge in [-0.2, -0.15) is 0 Å². The lowest BCUT2D eigenvalue weighted by Crippen LogP contribution is -3.08. The second-order valence-corrected chi connectivity index (χ2v) is 7.31. The Morgan fingerprint density at radius 3 is 2.92 bits per heavy atom. The number of benzene rings is 1. The average molecular weight is 345 g/mol. The Kier molecular flexibility index (Phi) is 3.50. The van der Waals surface area contributed by atoms with Gasteiger partial charge in [0.15, 0.2) is 0 Å². The van der Waals surface area contributed by atoms with Gasteiger partial charge in [-0.25, -0.2) is 0 Å². The normalized spacial score (nSPS) is 22.1. The fourth-order valence-electron chi connectivity index (χ4n) is 3.39. The lowest BCUT2D eigenvalue weighted by Gasteiger charge is -2.26. The van der Waals surface area contributed by atoms with E-state index in [4.69, 9.17) is 0 Å². The number of carbonyl (C=O) groups excluding carboxylic acids is 1. The van der Waals surface area contributed by atoms with Gasteiger partial charge < -0.3 is 15.5 Å². The monoisotopic (exact) mass is 345 g/mol. The third-order valence-electron chi connectivity index (χ3n) is 4.58. The maximum Gasteiger partial charge on any atom is 0.276 e. The lowest BCUT2D eigenvalue weighted by molar-refractivity contribution is -0.895. The minimum Gasteiger partial charge on any atom is -0.352 e. The molecule has 0 saturated heterocycles. The second-order valence-electron chi connectivity index (χ2n) is 6.21. The quantitative estimate of drug-likeness (QED) is 0.561. The number of thiophene rings is 1. The van der Waals surface area contributed by atoms with Crippen molar-refractivity contribution in [3.05, 3.63) is 55.9 Å². The predicted octanol–water partition coefficient (Wildman–Crippen LogP) is 1.08. The van der Waals surface area contributed by atoms with Gasteiger partial charge >= 0.3 is 0 Å². The van der Waals surface area contributed by atoms with Gasteiger partial charge in [-0.15, -0.1) is 11.3 Å². The summed E-state index contributed by atoms with van der Waals surface area (Å²) < 4.78 is 0. The van der Waals surface area contributed by atoms with Crippen molar-refractivity contribution in [3.63, 3.8) is 0 Å². The summed E-state index contributed by atoms with van der Waals surface area (Å²) in [7, 11) is 2.14. The molecule has 2 atom stereocenters. The molecule has 8 heteroatoms. The first-order chi connectivity index (χ1) is 11.5. The topological polar surface area (TPSA) is 88.7 Å². The zero-order valence-corrected chi connectivity index (χ0v) is 13.9. The highest BCUT2D eigenvalue weighted by molar-refractivity contribution is 7.16. The number of para-hydroxylation sites is 1. The highest BCUT2D eigenvalue weighted by Gasteiger charge is 2.35. The highest BCUT2D eigenvalue weighted by atomic mass is 32.1. The van der Waals surface area contributed by atoms with Crippen LogP contribution in [0, 0.1) is 10.1 Å². The number of quaternary nitrogens is 1. The van der Waals surface area contributed by atoms with E-state index in [2.05, 4.69) is 17.7 Å². The molecular formula is C16H17N4O3S+. The van der Waals surface area contributed by atoms with Gasteiger partial charge in [-0.1, -0.05) is 12.1 Å². The molecule has 1 amide bonds. The molecule has 1 aromatic carbocycles. The van der Waals surface area contributed by atoms with Gasteiger partial charge in [0.05, 0.1) is 34.5 Å².